The highest BCUT2D eigenvalue weighted by atomic mass is 19.4. The molecular formula is C16H20F3NO3. The fourth-order valence-corrected chi connectivity index (χ4v) is 1.72. The summed E-state index contributed by atoms with van der Waals surface area (Å²) in [6, 6.07) is 4.81. The number of hydrogen-bond acceptors (Lipinski definition) is 3. The third kappa shape index (κ3) is 6.30. The lowest BCUT2D eigenvalue weighted by Gasteiger charge is -2.14. The number of ether oxygens (including phenoxy) is 1. The second-order valence-corrected chi connectivity index (χ2v) is 5.61. The van der Waals surface area contributed by atoms with Gasteiger partial charge in [-0.3, -0.25) is 9.59 Å². The maximum atomic E-state index is 12.2. The van der Waals surface area contributed by atoms with E-state index in [0.29, 0.717) is 18.3 Å². The van der Waals surface area contributed by atoms with Crippen molar-refractivity contribution in [2.45, 2.75) is 39.4 Å². The van der Waals surface area contributed by atoms with Crippen molar-refractivity contribution in [1.82, 2.24) is 5.32 Å². The number of amides is 1. The van der Waals surface area contributed by atoms with Crippen molar-refractivity contribution in [2.24, 2.45) is 5.92 Å². The van der Waals surface area contributed by atoms with E-state index in [9.17, 15) is 22.8 Å². The van der Waals surface area contributed by atoms with E-state index in [-0.39, 0.29) is 5.56 Å². The predicted octanol–water partition coefficient (Wildman–Crippen LogP) is 3.36. The van der Waals surface area contributed by atoms with E-state index in [0.717, 1.165) is 6.42 Å². The summed E-state index contributed by atoms with van der Waals surface area (Å²) in [5, 5.41) is 1.63. The molecule has 0 aliphatic rings. The molecule has 1 rings (SSSR count). The van der Waals surface area contributed by atoms with Crippen LogP contribution in [0.3, 0.4) is 0 Å². The van der Waals surface area contributed by atoms with Gasteiger partial charge in [0.2, 0.25) is 0 Å². The van der Waals surface area contributed by atoms with E-state index >= 15 is 0 Å². The van der Waals surface area contributed by atoms with Crippen LogP contribution in [-0.2, 0) is 4.79 Å². The average Bonchev–Trinajstić information content (AvgIpc) is 2.45. The van der Waals surface area contributed by atoms with Gasteiger partial charge in [-0.05, 0) is 43.5 Å². The van der Waals surface area contributed by atoms with Crippen molar-refractivity contribution in [3.05, 3.63) is 29.8 Å². The van der Waals surface area contributed by atoms with Crippen molar-refractivity contribution < 1.29 is 27.5 Å². The highest BCUT2D eigenvalue weighted by Crippen LogP contribution is 2.17. The number of rotatable bonds is 7. The first-order chi connectivity index (χ1) is 10.6. The molecule has 1 atom stereocenters. The van der Waals surface area contributed by atoms with Crippen LogP contribution in [0.2, 0.25) is 0 Å². The highest BCUT2D eigenvalue weighted by molar-refractivity contribution is 6.02. The molecule has 0 bridgehead atoms. The van der Waals surface area contributed by atoms with Gasteiger partial charge in [-0.25, -0.2) is 0 Å². The summed E-state index contributed by atoms with van der Waals surface area (Å²) in [5.74, 6) is -1.65. The molecule has 1 unspecified atom stereocenters. The van der Waals surface area contributed by atoms with Gasteiger partial charge in [0, 0.05) is 5.56 Å². The van der Waals surface area contributed by atoms with Gasteiger partial charge in [-0.15, -0.1) is 0 Å². The second-order valence-electron chi connectivity index (χ2n) is 5.61. The van der Waals surface area contributed by atoms with Crippen LogP contribution >= 0.6 is 0 Å². The molecular weight excluding hydrogens is 311 g/mol. The lowest BCUT2D eigenvalue weighted by atomic mass is 10.1. The first-order valence-electron chi connectivity index (χ1n) is 7.26. The quantitative estimate of drug-likeness (QED) is 0.780. The fourth-order valence-electron chi connectivity index (χ4n) is 1.72. The number of halogens is 3. The van der Waals surface area contributed by atoms with Crippen LogP contribution in [0.4, 0.5) is 13.2 Å². The van der Waals surface area contributed by atoms with Crippen LogP contribution in [0.25, 0.3) is 0 Å². The van der Waals surface area contributed by atoms with Crippen molar-refractivity contribution in [3.63, 3.8) is 0 Å². The zero-order valence-electron chi connectivity index (χ0n) is 13.2. The molecule has 0 saturated heterocycles. The smallest absolute Gasteiger partial charge is 0.471 e. The lowest BCUT2D eigenvalue weighted by molar-refractivity contribution is -0.173. The normalized spacial score (nSPS) is 12.8. The Hall–Kier alpha value is -2.05. The Balaban J connectivity index is 2.61. The zero-order valence-corrected chi connectivity index (χ0v) is 13.2. The first-order valence-corrected chi connectivity index (χ1v) is 7.26. The maximum Gasteiger partial charge on any atom is 0.471 e. The Labute approximate surface area is 133 Å². The summed E-state index contributed by atoms with van der Waals surface area (Å²) in [6.45, 7) is 5.89. The summed E-state index contributed by atoms with van der Waals surface area (Å²) in [5.41, 5.74) is 0.205. The number of ketones is 1. The Morgan fingerprint density at radius 3 is 2.17 bits per heavy atom. The van der Waals surface area contributed by atoms with E-state index in [1.165, 1.54) is 19.1 Å². The largest absolute Gasteiger partial charge is 0.494 e. The van der Waals surface area contributed by atoms with Crippen LogP contribution in [0, 0.1) is 5.92 Å². The molecule has 7 heteroatoms. The Bertz CT molecular complexity index is 538. The summed E-state index contributed by atoms with van der Waals surface area (Å²) in [7, 11) is 0. The van der Waals surface area contributed by atoms with Gasteiger partial charge in [-0.1, -0.05) is 13.8 Å². The van der Waals surface area contributed by atoms with Gasteiger partial charge >= 0.3 is 12.1 Å². The summed E-state index contributed by atoms with van der Waals surface area (Å²) in [4.78, 5) is 22.8. The molecule has 1 amide bonds. The maximum absolute atomic E-state index is 12.2. The molecule has 0 aromatic heterocycles. The minimum absolute atomic E-state index is 0.205. The Morgan fingerprint density at radius 2 is 1.70 bits per heavy atom. The van der Waals surface area contributed by atoms with Gasteiger partial charge in [-0.2, -0.15) is 13.2 Å². The van der Waals surface area contributed by atoms with Crippen molar-refractivity contribution in [3.8, 4) is 5.75 Å². The number of carbonyl (C=O) groups is 2. The van der Waals surface area contributed by atoms with Crippen LogP contribution in [0.5, 0.6) is 5.75 Å². The van der Waals surface area contributed by atoms with Gasteiger partial charge < -0.3 is 10.1 Å². The number of Topliss-reactive ketones (excluding diaryl/α,β-unsaturated/α-hetero) is 1. The molecule has 0 saturated carbocycles. The number of benzene rings is 1. The van der Waals surface area contributed by atoms with Crippen molar-refractivity contribution >= 4 is 11.7 Å². The van der Waals surface area contributed by atoms with Crippen molar-refractivity contribution in [1.29, 1.82) is 0 Å². The predicted molar refractivity (Wildman–Crippen MR) is 79.4 cm³/mol. The van der Waals surface area contributed by atoms with E-state index in [2.05, 4.69) is 13.8 Å². The van der Waals surface area contributed by atoms with E-state index in [1.54, 1.807) is 17.4 Å². The molecule has 0 aliphatic carbocycles. The van der Waals surface area contributed by atoms with Gasteiger partial charge in [0.1, 0.15) is 5.75 Å². The van der Waals surface area contributed by atoms with E-state index in [4.69, 9.17) is 4.74 Å². The molecule has 1 aromatic carbocycles. The molecule has 0 fully saturated rings. The number of nitrogens with one attached hydrogen (secondary N) is 1. The summed E-state index contributed by atoms with van der Waals surface area (Å²) < 4.78 is 42.0. The van der Waals surface area contributed by atoms with Gasteiger partial charge in [0.15, 0.2) is 5.78 Å². The van der Waals surface area contributed by atoms with E-state index < -0.39 is 23.9 Å². The molecule has 0 spiro atoms. The zero-order chi connectivity index (χ0) is 17.6. The first kappa shape index (κ1) is 19.0. The minimum atomic E-state index is -5.01. The molecule has 23 heavy (non-hydrogen) atoms. The molecule has 0 heterocycles. The summed E-state index contributed by atoms with van der Waals surface area (Å²) >= 11 is 0. The molecule has 1 aromatic rings. The topological polar surface area (TPSA) is 55.4 Å². The minimum Gasteiger partial charge on any atom is -0.494 e. The third-order valence-electron chi connectivity index (χ3n) is 3.10. The third-order valence-corrected chi connectivity index (χ3v) is 3.10. The monoisotopic (exact) mass is 331 g/mol. The molecule has 0 radical (unpaired) electrons. The SMILES string of the molecule is CC(C)CCOc1ccc(C(=O)C(C)NC(=O)C(F)(F)F)cc1. The van der Waals surface area contributed by atoms with E-state index in [1.807, 2.05) is 0 Å². The average molecular weight is 331 g/mol. The number of hydrogen-bond donors (Lipinski definition) is 1. The molecule has 0 aliphatic heterocycles. The van der Waals surface area contributed by atoms with Crippen LogP contribution in [0.1, 0.15) is 37.6 Å². The molecule has 1 N–H and O–H groups in total. The Kier molecular flexibility index (Phi) is 6.60. The second kappa shape index (κ2) is 7.99. The fraction of sp³-hybridized carbons (Fsp3) is 0.500. The molecule has 128 valence electrons. The lowest BCUT2D eigenvalue weighted by Crippen LogP contribution is -2.45. The Morgan fingerprint density at radius 1 is 1.13 bits per heavy atom. The van der Waals surface area contributed by atoms with Crippen molar-refractivity contribution in [2.75, 3.05) is 6.61 Å². The summed E-state index contributed by atoms with van der Waals surface area (Å²) in [6.07, 6.45) is -4.12. The van der Waals surface area contributed by atoms with Gasteiger partial charge in [0.25, 0.3) is 0 Å². The van der Waals surface area contributed by atoms with Crippen LogP contribution in [0.15, 0.2) is 24.3 Å². The van der Waals surface area contributed by atoms with Crippen LogP contribution < -0.4 is 10.1 Å². The number of carbonyl (C=O) groups excluding carboxylic acids is 2. The highest BCUT2D eigenvalue weighted by Gasteiger charge is 2.40. The van der Waals surface area contributed by atoms with Gasteiger partial charge in [0.05, 0.1) is 12.6 Å². The standard InChI is InChI=1S/C16H20F3NO3/c1-10(2)8-9-23-13-6-4-12(5-7-13)14(21)11(3)20-15(22)16(17,18)19/h4-7,10-11H,8-9H2,1-3H3,(H,20,22). The molecule has 4 nitrogen and oxygen atoms in total. The van der Waals surface area contributed by atoms with Crippen LogP contribution in [-0.4, -0.2) is 30.5 Å². The number of alkyl halides is 3.